The molecule has 3 heteroatoms. The first-order valence-corrected chi connectivity index (χ1v) is 8.05. The average Bonchev–Trinajstić information content (AvgIpc) is 2.47. The van der Waals surface area contributed by atoms with Gasteiger partial charge < -0.3 is 9.47 Å². The highest BCUT2D eigenvalue weighted by Gasteiger charge is 2.52. The molecule has 0 radical (unpaired) electrons. The maximum Gasteiger partial charge on any atom is 0.308 e. The van der Waals surface area contributed by atoms with Crippen LogP contribution in [0.2, 0.25) is 0 Å². The molecule has 0 amide bonds. The van der Waals surface area contributed by atoms with Crippen molar-refractivity contribution in [1.29, 1.82) is 0 Å². The lowest BCUT2D eigenvalue weighted by Gasteiger charge is -2.54. The predicted octanol–water partition coefficient (Wildman–Crippen LogP) is 3.48. The Bertz CT molecular complexity index is 403. The van der Waals surface area contributed by atoms with Gasteiger partial charge >= 0.3 is 5.97 Å². The Kier molecular flexibility index (Phi) is 3.89. The van der Waals surface area contributed by atoms with Gasteiger partial charge in [-0.25, -0.2) is 0 Å². The van der Waals surface area contributed by atoms with E-state index < -0.39 is 0 Å². The number of carbonyl (C=O) groups excluding carboxylic acids is 1. The summed E-state index contributed by atoms with van der Waals surface area (Å²) in [5.74, 6) is 1.58. The van der Waals surface area contributed by atoms with Crippen LogP contribution in [0.3, 0.4) is 0 Å². The van der Waals surface area contributed by atoms with Crippen LogP contribution in [-0.4, -0.2) is 24.8 Å². The summed E-state index contributed by atoms with van der Waals surface area (Å²) in [5, 5.41) is 0. The van der Waals surface area contributed by atoms with Gasteiger partial charge in [0.2, 0.25) is 0 Å². The van der Waals surface area contributed by atoms with Crippen molar-refractivity contribution in [2.24, 2.45) is 17.8 Å². The summed E-state index contributed by atoms with van der Waals surface area (Å²) < 4.78 is 11.4. The highest BCUT2D eigenvalue weighted by Crippen LogP contribution is 2.51. The third-order valence-electron chi connectivity index (χ3n) is 5.64. The van der Waals surface area contributed by atoms with Gasteiger partial charge in [0.05, 0.1) is 25.2 Å². The second-order valence-corrected chi connectivity index (χ2v) is 6.86. The number of rotatable bonds is 2. The van der Waals surface area contributed by atoms with E-state index in [1.165, 1.54) is 26.4 Å². The molecule has 0 unspecified atom stereocenters. The Labute approximate surface area is 121 Å². The molecule has 2 fully saturated rings. The summed E-state index contributed by atoms with van der Waals surface area (Å²) >= 11 is 0. The lowest BCUT2D eigenvalue weighted by molar-refractivity contribution is -0.213. The van der Waals surface area contributed by atoms with Gasteiger partial charge in [-0.1, -0.05) is 25.0 Å². The van der Waals surface area contributed by atoms with Crippen LogP contribution in [0.25, 0.3) is 0 Å². The van der Waals surface area contributed by atoms with E-state index in [0.717, 1.165) is 19.3 Å². The third-order valence-corrected chi connectivity index (χ3v) is 5.64. The van der Waals surface area contributed by atoms with E-state index in [0.29, 0.717) is 30.3 Å². The number of fused-ring (bicyclic) bond motifs is 3. The lowest BCUT2D eigenvalue weighted by Crippen LogP contribution is -2.56. The normalized spacial score (nSPS) is 43.5. The standard InChI is InChI=1S/C17H26O3/c1-17(11-16(18)19-2)14-9-5-3-7-12(14)13-8-4-6-10-15(13)20-17/h3,7,12-15H,4-6,8-11H2,1-2H3/t12-,13+,14+,15+,17+/m1/s1. The van der Waals surface area contributed by atoms with Gasteiger partial charge in [-0.2, -0.15) is 0 Å². The Morgan fingerprint density at radius 2 is 2.15 bits per heavy atom. The second-order valence-electron chi connectivity index (χ2n) is 6.86. The molecule has 0 aromatic rings. The molecule has 0 spiro atoms. The highest BCUT2D eigenvalue weighted by molar-refractivity contribution is 5.70. The summed E-state index contributed by atoms with van der Waals surface area (Å²) in [6, 6.07) is 0. The van der Waals surface area contributed by atoms with Crippen LogP contribution >= 0.6 is 0 Å². The third kappa shape index (κ3) is 2.41. The van der Waals surface area contributed by atoms with Crippen LogP contribution in [0.5, 0.6) is 0 Å². The largest absolute Gasteiger partial charge is 0.469 e. The van der Waals surface area contributed by atoms with Crippen molar-refractivity contribution in [3.05, 3.63) is 12.2 Å². The number of carbonyl (C=O) groups is 1. The van der Waals surface area contributed by atoms with Gasteiger partial charge in [-0.3, -0.25) is 4.79 Å². The molecule has 1 aliphatic heterocycles. The van der Waals surface area contributed by atoms with Gasteiger partial charge in [-0.05, 0) is 50.4 Å². The van der Waals surface area contributed by atoms with Gasteiger partial charge in [-0.15, -0.1) is 0 Å². The molecule has 20 heavy (non-hydrogen) atoms. The summed E-state index contributed by atoms with van der Waals surface area (Å²) in [5.41, 5.74) is -0.346. The fraction of sp³-hybridized carbons (Fsp3) is 0.824. The molecule has 3 rings (SSSR count). The SMILES string of the molecule is COC(=O)C[C@]1(C)O[C@H]2CCCC[C@H]2[C@H]2C=CCC[C@@H]21. The maximum absolute atomic E-state index is 11.8. The zero-order valence-corrected chi connectivity index (χ0v) is 12.6. The molecule has 0 aromatic heterocycles. The van der Waals surface area contributed by atoms with E-state index >= 15 is 0 Å². The van der Waals surface area contributed by atoms with E-state index in [4.69, 9.17) is 9.47 Å². The van der Waals surface area contributed by atoms with E-state index in [1.54, 1.807) is 0 Å². The zero-order chi connectivity index (χ0) is 14.2. The summed E-state index contributed by atoms with van der Waals surface area (Å²) in [6.45, 7) is 2.13. The summed E-state index contributed by atoms with van der Waals surface area (Å²) in [7, 11) is 1.47. The zero-order valence-electron chi connectivity index (χ0n) is 12.6. The van der Waals surface area contributed by atoms with Crippen molar-refractivity contribution in [2.45, 2.75) is 63.6 Å². The Morgan fingerprint density at radius 3 is 2.95 bits per heavy atom. The van der Waals surface area contributed by atoms with E-state index in [9.17, 15) is 4.79 Å². The van der Waals surface area contributed by atoms with Crippen molar-refractivity contribution in [3.63, 3.8) is 0 Å². The van der Waals surface area contributed by atoms with Crippen LogP contribution in [0.15, 0.2) is 12.2 Å². The second kappa shape index (κ2) is 5.51. The van der Waals surface area contributed by atoms with Gasteiger partial charge in [0.1, 0.15) is 0 Å². The molecule has 2 aliphatic carbocycles. The molecular weight excluding hydrogens is 252 g/mol. The van der Waals surface area contributed by atoms with Crippen LogP contribution in [0.1, 0.15) is 51.9 Å². The predicted molar refractivity (Wildman–Crippen MR) is 77.2 cm³/mol. The Hall–Kier alpha value is -0.830. The lowest BCUT2D eigenvalue weighted by atomic mass is 9.61. The minimum absolute atomic E-state index is 0.143. The van der Waals surface area contributed by atoms with Gasteiger partial charge in [0.15, 0.2) is 0 Å². The molecule has 0 N–H and O–H groups in total. The van der Waals surface area contributed by atoms with Crippen LogP contribution in [0, 0.1) is 17.8 Å². The summed E-state index contributed by atoms with van der Waals surface area (Å²) in [6.07, 6.45) is 12.7. The molecular formula is C17H26O3. The topological polar surface area (TPSA) is 35.5 Å². The first-order valence-electron chi connectivity index (χ1n) is 8.05. The summed E-state index contributed by atoms with van der Waals surface area (Å²) in [4.78, 5) is 11.8. The van der Waals surface area contributed by atoms with Crippen molar-refractivity contribution in [1.82, 2.24) is 0 Å². The minimum Gasteiger partial charge on any atom is -0.469 e. The van der Waals surface area contributed by atoms with Crippen LogP contribution in [0.4, 0.5) is 0 Å². The van der Waals surface area contributed by atoms with Crippen LogP contribution < -0.4 is 0 Å². The van der Waals surface area contributed by atoms with E-state index in [1.807, 2.05) is 0 Å². The molecule has 1 heterocycles. The quantitative estimate of drug-likeness (QED) is 0.573. The number of hydrogen-bond acceptors (Lipinski definition) is 3. The minimum atomic E-state index is -0.346. The number of hydrogen-bond donors (Lipinski definition) is 0. The van der Waals surface area contributed by atoms with Crippen LogP contribution in [-0.2, 0) is 14.3 Å². The molecule has 0 bridgehead atoms. The van der Waals surface area contributed by atoms with Crippen molar-refractivity contribution < 1.29 is 14.3 Å². The monoisotopic (exact) mass is 278 g/mol. The van der Waals surface area contributed by atoms with Crippen molar-refractivity contribution in [3.8, 4) is 0 Å². The van der Waals surface area contributed by atoms with Crippen molar-refractivity contribution >= 4 is 5.97 Å². The average molecular weight is 278 g/mol. The maximum atomic E-state index is 11.8. The van der Waals surface area contributed by atoms with Gasteiger partial charge in [0, 0.05) is 0 Å². The molecule has 3 aliphatic rings. The molecule has 1 saturated carbocycles. The number of esters is 1. The fourth-order valence-electron chi connectivity index (χ4n) is 4.69. The number of allylic oxidation sites excluding steroid dienone is 2. The number of ether oxygens (including phenoxy) is 2. The first-order chi connectivity index (χ1) is 9.64. The van der Waals surface area contributed by atoms with Gasteiger partial charge in [0.25, 0.3) is 0 Å². The fourth-order valence-corrected chi connectivity index (χ4v) is 4.69. The Balaban J connectivity index is 1.87. The smallest absolute Gasteiger partial charge is 0.308 e. The molecule has 3 nitrogen and oxygen atoms in total. The van der Waals surface area contributed by atoms with Crippen molar-refractivity contribution in [2.75, 3.05) is 7.11 Å². The van der Waals surface area contributed by atoms with E-state index in [2.05, 4.69) is 19.1 Å². The van der Waals surface area contributed by atoms with E-state index in [-0.39, 0.29) is 11.6 Å². The molecule has 0 aromatic carbocycles. The Morgan fingerprint density at radius 1 is 1.35 bits per heavy atom. The molecule has 1 saturated heterocycles. The molecule has 5 atom stereocenters. The highest BCUT2D eigenvalue weighted by atomic mass is 16.5. The first kappa shape index (κ1) is 14.1. The molecule has 112 valence electrons. The number of methoxy groups -OCH3 is 1.